The van der Waals surface area contributed by atoms with Crippen molar-refractivity contribution < 1.29 is 14.2 Å². The quantitative estimate of drug-likeness (QED) is 0.388. The van der Waals surface area contributed by atoms with Crippen molar-refractivity contribution in [3.05, 3.63) is 42.5 Å². The maximum Gasteiger partial charge on any atom is 0.147 e. The average Bonchev–Trinajstić information content (AvgIpc) is 2.66. The highest BCUT2D eigenvalue weighted by Gasteiger charge is 2.07. The highest BCUT2D eigenvalue weighted by molar-refractivity contribution is 5.57. The topological polar surface area (TPSA) is 52.4 Å². The van der Waals surface area contributed by atoms with Crippen LogP contribution in [0.4, 0.5) is 11.4 Å². The number of hydrogen-bond acceptors (Lipinski definition) is 5. The molecule has 0 heterocycles. The van der Waals surface area contributed by atoms with Gasteiger partial charge in [-0.2, -0.15) is 0 Å². The molecule has 0 spiro atoms. The van der Waals surface area contributed by atoms with Crippen molar-refractivity contribution in [2.75, 3.05) is 20.3 Å². The number of methoxy groups -OCH3 is 1. The summed E-state index contributed by atoms with van der Waals surface area (Å²) in [6.07, 6.45) is 3.02. The Balaban J connectivity index is 2.24. The number of benzene rings is 2. The van der Waals surface area contributed by atoms with Crippen molar-refractivity contribution >= 4 is 11.4 Å². The molecule has 0 aromatic heterocycles. The van der Waals surface area contributed by atoms with E-state index < -0.39 is 0 Å². The van der Waals surface area contributed by atoms with Crippen LogP contribution in [0.2, 0.25) is 0 Å². The van der Waals surface area contributed by atoms with Gasteiger partial charge in [0.2, 0.25) is 0 Å². The van der Waals surface area contributed by atoms with Crippen LogP contribution in [0.25, 0.3) is 0 Å². The summed E-state index contributed by atoms with van der Waals surface area (Å²) in [4.78, 5) is 0. The Kier molecular flexibility index (Phi) is 7.76. The molecular formula is C20H26N2O3. The van der Waals surface area contributed by atoms with Crippen molar-refractivity contribution in [3.63, 3.8) is 0 Å². The molecule has 0 unspecified atom stereocenters. The summed E-state index contributed by atoms with van der Waals surface area (Å²) in [5.41, 5.74) is 1.33. The van der Waals surface area contributed by atoms with Crippen LogP contribution in [0.5, 0.6) is 17.2 Å². The van der Waals surface area contributed by atoms with Gasteiger partial charge in [-0.3, -0.25) is 0 Å². The smallest absolute Gasteiger partial charge is 0.147 e. The summed E-state index contributed by atoms with van der Waals surface area (Å²) in [6.45, 7) is 5.50. The molecular weight excluding hydrogens is 316 g/mol. The van der Waals surface area contributed by atoms with Gasteiger partial charge < -0.3 is 14.2 Å². The lowest BCUT2D eigenvalue weighted by atomic mass is 10.2. The van der Waals surface area contributed by atoms with E-state index >= 15 is 0 Å². The van der Waals surface area contributed by atoms with Gasteiger partial charge in [0.1, 0.15) is 28.6 Å². The summed E-state index contributed by atoms with van der Waals surface area (Å²) in [6, 6.07) is 13.2. The van der Waals surface area contributed by atoms with Crippen molar-refractivity contribution in [3.8, 4) is 17.2 Å². The van der Waals surface area contributed by atoms with Crippen LogP contribution in [0.1, 0.15) is 33.1 Å². The molecule has 2 aromatic carbocycles. The Hall–Kier alpha value is -2.56. The van der Waals surface area contributed by atoms with E-state index in [1.54, 1.807) is 7.11 Å². The fourth-order valence-corrected chi connectivity index (χ4v) is 2.13. The first-order chi connectivity index (χ1) is 12.3. The molecule has 0 radical (unpaired) electrons. The van der Waals surface area contributed by atoms with E-state index in [1.165, 1.54) is 0 Å². The minimum atomic E-state index is 0.640. The SMILES string of the molecule is CCCCOc1ccc(OC)cc1N=Nc1ccccc1OCCC. The largest absolute Gasteiger partial charge is 0.497 e. The highest BCUT2D eigenvalue weighted by Crippen LogP contribution is 2.35. The standard InChI is InChI=1S/C20H26N2O3/c1-4-6-14-25-20-12-11-16(23-3)15-18(20)22-21-17-9-7-8-10-19(17)24-13-5-2/h7-12,15H,4-6,13-14H2,1-3H3. The van der Waals surface area contributed by atoms with Crippen molar-refractivity contribution in [1.82, 2.24) is 0 Å². The molecule has 5 heteroatoms. The van der Waals surface area contributed by atoms with Crippen LogP contribution < -0.4 is 14.2 Å². The number of ether oxygens (including phenoxy) is 3. The Morgan fingerprint density at radius 1 is 0.800 bits per heavy atom. The number of hydrogen-bond donors (Lipinski definition) is 0. The first-order valence-electron chi connectivity index (χ1n) is 8.72. The zero-order valence-corrected chi connectivity index (χ0v) is 15.2. The van der Waals surface area contributed by atoms with E-state index in [1.807, 2.05) is 42.5 Å². The molecule has 25 heavy (non-hydrogen) atoms. The number of nitrogens with zero attached hydrogens (tertiary/aromatic N) is 2. The Bertz CT molecular complexity index is 686. The lowest BCUT2D eigenvalue weighted by Crippen LogP contribution is -1.97. The van der Waals surface area contributed by atoms with Gasteiger partial charge in [0.15, 0.2) is 0 Å². The van der Waals surface area contributed by atoms with Gasteiger partial charge in [0.25, 0.3) is 0 Å². The van der Waals surface area contributed by atoms with E-state index in [-0.39, 0.29) is 0 Å². The van der Waals surface area contributed by atoms with Gasteiger partial charge >= 0.3 is 0 Å². The van der Waals surface area contributed by atoms with E-state index in [2.05, 4.69) is 24.1 Å². The predicted octanol–water partition coefficient (Wildman–Crippen LogP) is 6.08. The molecule has 0 atom stereocenters. The third-order valence-corrected chi connectivity index (χ3v) is 3.51. The lowest BCUT2D eigenvalue weighted by Gasteiger charge is -2.10. The fraction of sp³-hybridized carbons (Fsp3) is 0.400. The molecule has 0 saturated carbocycles. The molecule has 0 fully saturated rings. The van der Waals surface area contributed by atoms with Crippen LogP contribution in [-0.4, -0.2) is 20.3 Å². The van der Waals surface area contributed by atoms with E-state index in [4.69, 9.17) is 14.2 Å². The summed E-state index contributed by atoms with van der Waals surface area (Å²) in [5, 5.41) is 8.73. The average molecular weight is 342 g/mol. The molecule has 5 nitrogen and oxygen atoms in total. The highest BCUT2D eigenvalue weighted by atomic mass is 16.5. The van der Waals surface area contributed by atoms with Crippen LogP contribution in [0.3, 0.4) is 0 Å². The van der Waals surface area contributed by atoms with Gasteiger partial charge in [0.05, 0.1) is 20.3 Å². The fourth-order valence-electron chi connectivity index (χ4n) is 2.13. The van der Waals surface area contributed by atoms with Gasteiger partial charge in [0, 0.05) is 6.07 Å². The predicted molar refractivity (Wildman–Crippen MR) is 99.8 cm³/mol. The molecule has 0 amide bonds. The minimum Gasteiger partial charge on any atom is -0.497 e. The third kappa shape index (κ3) is 5.78. The van der Waals surface area contributed by atoms with Crippen molar-refractivity contribution in [2.24, 2.45) is 10.2 Å². The zero-order valence-electron chi connectivity index (χ0n) is 15.2. The molecule has 0 aliphatic rings. The van der Waals surface area contributed by atoms with E-state index in [0.29, 0.717) is 36.1 Å². The van der Waals surface area contributed by atoms with Crippen LogP contribution in [-0.2, 0) is 0 Å². The van der Waals surface area contributed by atoms with E-state index in [9.17, 15) is 0 Å². The van der Waals surface area contributed by atoms with E-state index in [0.717, 1.165) is 25.0 Å². The van der Waals surface area contributed by atoms with Gasteiger partial charge in [-0.15, -0.1) is 10.2 Å². The van der Waals surface area contributed by atoms with Crippen LogP contribution >= 0.6 is 0 Å². The summed E-state index contributed by atoms with van der Waals surface area (Å²) in [7, 11) is 1.63. The zero-order chi connectivity index (χ0) is 17.9. The molecule has 0 N–H and O–H groups in total. The molecule has 0 aliphatic heterocycles. The van der Waals surface area contributed by atoms with Gasteiger partial charge in [-0.25, -0.2) is 0 Å². The number of para-hydroxylation sites is 1. The molecule has 134 valence electrons. The summed E-state index contributed by atoms with van der Waals surface area (Å²) in [5.74, 6) is 2.14. The lowest BCUT2D eigenvalue weighted by molar-refractivity contribution is 0.309. The maximum atomic E-state index is 5.82. The van der Waals surface area contributed by atoms with Crippen LogP contribution in [0.15, 0.2) is 52.7 Å². The van der Waals surface area contributed by atoms with Gasteiger partial charge in [-0.1, -0.05) is 32.4 Å². The Morgan fingerprint density at radius 3 is 2.28 bits per heavy atom. The first-order valence-corrected chi connectivity index (χ1v) is 8.72. The second-order valence-electron chi connectivity index (χ2n) is 5.55. The molecule has 0 bridgehead atoms. The molecule has 2 rings (SSSR count). The molecule has 0 saturated heterocycles. The first kappa shape index (κ1) is 18.8. The second kappa shape index (κ2) is 10.3. The Labute approximate surface area is 149 Å². The summed E-state index contributed by atoms with van der Waals surface area (Å²) < 4.78 is 16.8. The maximum absolute atomic E-state index is 5.82. The Morgan fingerprint density at radius 2 is 1.52 bits per heavy atom. The summed E-state index contributed by atoms with van der Waals surface area (Å²) >= 11 is 0. The molecule has 0 aliphatic carbocycles. The van der Waals surface area contributed by atoms with Crippen LogP contribution in [0, 0.1) is 0 Å². The number of azo groups is 1. The normalized spacial score (nSPS) is 10.8. The number of unbranched alkanes of at least 4 members (excludes halogenated alkanes) is 1. The second-order valence-corrected chi connectivity index (χ2v) is 5.55. The third-order valence-electron chi connectivity index (χ3n) is 3.51. The van der Waals surface area contributed by atoms with Gasteiger partial charge in [-0.05, 0) is 37.1 Å². The minimum absolute atomic E-state index is 0.640. The van der Waals surface area contributed by atoms with Crippen molar-refractivity contribution in [2.45, 2.75) is 33.1 Å². The monoisotopic (exact) mass is 342 g/mol. The molecule has 2 aromatic rings. The number of rotatable bonds is 10. The van der Waals surface area contributed by atoms with Crippen molar-refractivity contribution in [1.29, 1.82) is 0 Å².